The molecule has 2 aliphatic carbocycles. The van der Waals surface area contributed by atoms with Gasteiger partial charge in [0.1, 0.15) is 23.5 Å². The molecule has 2 amide bonds. The molecule has 2 atom stereocenters. The van der Waals surface area contributed by atoms with E-state index in [0.717, 1.165) is 11.4 Å². The molecule has 4 N–H and O–H groups in total. The van der Waals surface area contributed by atoms with E-state index >= 15 is 0 Å². The molecule has 2 saturated heterocycles. The second kappa shape index (κ2) is 18.9. The maximum atomic E-state index is 13.0. The van der Waals surface area contributed by atoms with Crippen molar-refractivity contribution in [1.82, 2.24) is 29.9 Å². The number of anilines is 2. The van der Waals surface area contributed by atoms with Gasteiger partial charge in [-0.3, -0.25) is 19.6 Å². The van der Waals surface area contributed by atoms with Gasteiger partial charge in [-0.2, -0.15) is 10.5 Å². The monoisotopic (exact) mass is 931 g/mol. The van der Waals surface area contributed by atoms with Gasteiger partial charge in [0.05, 0.1) is 60.3 Å². The summed E-state index contributed by atoms with van der Waals surface area (Å²) in [5.74, 6) is -1.38. The normalized spacial score (nSPS) is 27.0. The van der Waals surface area contributed by atoms with Crippen LogP contribution < -0.4 is 10.6 Å². The van der Waals surface area contributed by atoms with Crippen LogP contribution in [0.25, 0.3) is 11.1 Å². The van der Waals surface area contributed by atoms with Gasteiger partial charge in [0.2, 0.25) is 0 Å². The summed E-state index contributed by atoms with van der Waals surface area (Å²) in [4.78, 5) is 48.9. The third-order valence-electron chi connectivity index (χ3n) is 12.2. The molecule has 0 radical (unpaired) electrons. The van der Waals surface area contributed by atoms with Crippen LogP contribution >= 0.6 is 0 Å². The van der Waals surface area contributed by atoms with Crippen LogP contribution in [0.3, 0.4) is 0 Å². The number of carbonyl (C=O) groups excluding carboxylic acids is 2. The quantitative estimate of drug-likeness (QED) is 0.131. The molecule has 8 rings (SSSR count). The molecule has 14 nitrogen and oxygen atoms in total. The number of amides is 2. The fourth-order valence-corrected chi connectivity index (χ4v) is 9.61. The van der Waals surface area contributed by atoms with Crippen molar-refractivity contribution in [1.29, 1.82) is 10.5 Å². The number of pyridine rings is 2. The summed E-state index contributed by atoms with van der Waals surface area (Å²) < 4.78 is 83.1. The van der Waals surface area contributed by atoms with Crippen molar-refractivity contribution in [2.45, 2.75) is 181 Å². The van der Waals surface area contributed by atoms with Crippen LogP contribution in [0.4, 0.5) is 11.4 Å². The summed E-state index contributed by atoms with van der Waals surface area (Å²) in [5, 5.41) is 23.6. The molecule has 6 heterocycles. The highest BCUT2D eigenvalue weighted by molar-refractivity contribution is 6.04. The van der Waals surface area contributed by atoms with E-state index in [0.29, 0.717) is 25.7 Å². The number of H-pyrrole nitrogens is 2. The van der Waals surface area contributed by atoms with E-state index in [9.17, 15) is 9.59 Å². The summed E-state index contributed by atoms with van der Waals surface area (Å²) in [6.45, 7) is 23.4. The predicted molar refractivity (Wildman–Crippen MR) is 265 cm³/mol. The molecule has 2 fully saturated rings. The van der Waals surface area contributed by atoms with Crippen molar-refractivity contribution in [2.24, 2.45) is 10.8 Å². The number of carbonyl (C=O) groups is 2. The van der Waals surface area contributed by atoms with Crippen molar-refractivity contribution in [3.63, 3.8) is 0 Å². The molecule has 68 heavy (non-hydrogen) atoms. The van der Waals surface area contributed by atoms with E-state index in [4.69, 9.17) is 40.9 Å². The van der Waals surface area contributed by atoms with Crippen molar-refractivity contribution >= 4 is 34.3 Å². The Balaban J connectivity index is 0.000000221. The Bertz CT molecular complexity index is 3050. The van der Waals surface area contributed by atoms with Crippen molar-refractivity contribution < 1.29 is 30.0 Å². The molecule has 4 aromatic heterocycles. The Morgan fingerprint density at radius 1 is 0.662 bits per heavy atom. The first-order valence-corrected chi connectivity index (χ1v) is 23.1. The number of nitriles is 2. The number of nitrogens with zero attached hydrogens (tertiary/aromatic N) is 6. The smallest absolute Gasteiger partial charge is 0.291 e. The minimum atomic E-state index is -2.18. The second-order valence-corrected chi connectivity index (χ2v) is 22.2. The molecular formula is C54H70N10O4. The van der Waals surface area contributed by atoms with Crippen LogP contribution in [-0.4, -0.2) is 64.1 Å². The molecule has 4 aromatic rings. The molecule has 2 unspecified atom stereocenters. The van der Waals surface area contributed by atoms with Crippen LogP contribution in [0.5, 0.6) is 0 Å². The minimum absolute atomic E-state index is 0.00740. The summed E-state index contributed by atoms with van der Waals surface area (Å²) in [5.41, 5.74) is -0.627. The Kier molecular flexibility index (Phi) is 11.1. The molecule has 0 spiro atoms. The molecule has 4 aliphatic rings. The first-order valence-electron chi connectivity index (χ1n) is 27.3. The van der Waals surface area contributed by atoms with Gasteiger partial charge in [0, 0.05) is 31.4 Å². The predicted octanol–water partition coefficient (Wildman–Crippen LogP) is 11.9. The van der Waals surface area contributed by atoms with Crippen LogP contribution in [0, 0.1) is 33.5 Å². The van der Waals surface area contributed by atoms with Crippen molar-refractivity contribution in [2.75, 3.05) is 10.6 Å². The third-order valence-corrected chi connectivity index (χ3v) is 12.2. The van der Waals surface area contributed by atoms with Gasteiger partial charge in [0.15, 0.2) is 11.6 Å². The lowest BCUT2D eigenvalue weighted by atomic mass is 9.77. The lowest BCUT2D eigenvalue weighted by Crippen LogP contribution is -2.44. The Morgan fingerprint density at radius 2 is 1.09 bits per heavy atom. The molecule has 0 bridgehead atoms. The lowest BCUT2D eigenvalue weighted by molar-refractivity contribution is -0.162. The van der Waals surface area contributed by atoms with E-state index in [-0.39, 0.29) is 93.7 Å². The maximum Gasteiger partial charge on any atom is 0.291 e. The number of allylic oxidation sites excluding steroid dienone is 4. The fraction of sp³-hybridized carbons (Fsp3) is 0.556. The molecular weight excluding hydrogens is 853 g/mol. The summed E-state index contributed by atoms with van der Waals surface area (Å²) in [6.07, 6.45) is -0.688. The number of rotatable bonds is 8. The van der Waals surface area contributed by atoms with Gasteiger partial charge < -0.3 is 30.1 Å². The first-order chi connectivity index (χ1) is 34.9. The highest BCUT2D eigenvalue weighted by Gasteiger charge is 2.42. The first kappa shape index (κ1) is 40.0. The summed E-state index contributed by atoms with van der Waals surface area (Å²) >= 11 is 0. The zero-order valence-electron chi connectivity index (χ0n) is 49.3. The Morgan fingerprint density at radius 3 is 1.50 bits per heavy atom. The van der Waals surface area contributed by atoms with Gasteiger partial charge in [-0.25, -0.2) is 9.97 Å². The number of aromatic nitrogens is 6. The Hall–Kier alpha value is -5.96. The second-order valence-electron chi connectivity index (χ2n) is 22.2. The van der Waals surface area contributed by atoms with Gasteiger partial charge in [0.25, 0.3) is 11.8 Å². The van der Waals surface area contributed by atoms with Crippen molar-refractivity contribution in [3.05, 3.63) is 94.6 Å². The SMILES string of the molecule is [2H]C1=C(c2nc(C3CC(C)(C)OC(C)(C)C3)ccc2NC(=O)c2ncc(C#N)[nH]2)C([2H])([2H])C([2H])C(C)(C)C1.[2H]C1=C(c2nc(C3CC(C)(C)OC(C)(C)C3)ccc2NC(=O)c2ncc(C#N)[nH]2)C([2H])([2H])CC(C)(C)C1[2H]. The third kappa shape index (κ3) is 12.4. The maximum absolute atomic E-state index is 13.0. The lowest BCUT2D eigenvalue weighted by Gasteiger charge is -2.45. The van der Waals surface area contributed by atoms with Gasteiger partial charge >= 0.3 is 0 Å². The van der Waals surface area contributed by atoms with E-state index < -0.39 is 70.6 Å². The molecule has 2 aliphatic heterocycles. The zero-order chi connectivity index (χ0) is 56.5. The largest absolute Gasteiger partial charge is 0.370 e. The molecule has 14 heteroatoms. The summed E-state index contributed by atoms with van der Waals surface area (Å²) in [7, 11) is 0. The van der Waals surface area contributed by atoms with Gasteiger partial charge in [-0.05, 0) is 166 Å². The highest BCUT2D eigenvalue weighted by Crippen LogP contribution is 2.47. The average Bonchev–Trinajstić information content (AvgIpc) is 3.97. The van der Waals surface area contributed by atoms with Crippen LogP contribution in [0.15, 0.2) is 48.8 Å². The number of nitrogens with one attached hydrogen (secondary N) is 4. The van der Waals surface area contributed by atoms with E-state index in [1.165, 1.54) is 12.4 Å². The molecule has 360 valence electrons. The van der Waals surface area contributed by atoms with Crippen molar-refractivity contribution in [3.8, 4) is 12.1 Å². The molecule has 0 aromatic carbocycles. The Labute approximate surface area is 413 Å². The van der Waals surface area contributed by atoms with Gasteiger partial charge in [-0.15, -0.1) is 0 Å². The standard InChI is InChI=1S/2C27H35N5O2/c2*1-25(2)11-9-17(10-12-25)22-21(32-24(33)23-29-16-19(15-28)30-23)8-7-20(31-22)18-13-26(3,4)34-27(5,6)14-18/h2*7-9,16,18H,10-14H2,1-6H3,(H,29,30)(H,32,33)/i9D,10D2,12D;9D,10D2,11D. The van der Waals surface area contributed by atoms with E-state index in [2.05, 4.69) is 30.6 Å². The van der Waals surface area contributed by atoms with Crippen LogP contribution in [0.1, 0.15) is 225 Å². The fourth-order valence-electron chi connectivity index (χ4n) is 9.61. The summed E-state index contributed by atoms with van der Waals surface area (Å²) in [6, 6.07) is 10.7. The number of hydrogen-bond acceptors (Lipinski definition) is 10. The number of imidazole rings is 2. The van der Waals surface area contributed by atoms with Crippen LogP contribution in [-0.2, 0) is 9.47 Å². The minimum Gasteiger partial charge on any atom is -0.370 e. The number of aromatic amines is 2. The zero-order valence-corrected chi connectivity index (χ0v) is 41.3. The number of ether oxygens (including phenoxy) is 2. The highest BCUT2D eigenvalue weighted by atomic mass is 16.5. The van der Waals surface area contributed by atoms with E-state index in [1.807, 2.05) is 79.7 Å². The number of hydrogen-bond donors (Lipinski definition) is 4. The average molecular weight is 931 g/mol. The van der Waals surface area contributed by atoms with E-state index in [1.54, 1.807) is 39.8 Å². The van der Waals surface area contributed by atoms with Gasteiger partial charge in [-0.1, -0.05) is 39.8 Å². The topological polar surface area (TPSA) is 207 Å². The molecule has 0 saturated carbocycles. The van der Waals surface area contributed by atoms with Crippen LogP contribution in [0.2, 0.25) is 0 Å².